The Labute approximate surface area is 116 Å². The van der Waals surface area contributed by atoms with Gasteiger partial charge in [0.05, 0.1) is 12.5 Å². The van der Waals surface area contributed by atoms with Gasteiger partial charge in [0.1, 0.15) is 11.9 Å². The second-order valence-electron chi connectivity index (χ2n) is 4.59. The Hall–Kier alpha value is -2.42. The summed E-state index contributed by atoms with van der Waals surface area (Å²) in [6, 6.07) is 6.66. The summed E-state index contributed by atoms with van der Waals surface area (Å²) < 4.78 is 13.0. The van der Waals surface area contributed by atoms with E-state index in [1.54, 1.807) is 13.0 Å². The molecular formula is C14H16FN3O2. The van der Waals surface area contributed by atoms with Gasteiger partial charge in [-0.3, -0.25) is 9.59 Å². The van der Waals surface area contributed by atoms with Crippen LogP contribution in [0.15, 0.2) is 24.3 Å². The second-order valence-corrected chi connectivity index (χ2v) is 4.59. The molecule has 6 heteroatoms. The molecule has 2 atom stereocenters. The molecule has 2 amide bonds. The predicted octanol–water partition coefficient (Wildman–Crippen LogP) is 0.888. The molecule has 0 aliphatic heterocycles. The Bertz CT molecular complexity index is 539. The van der Waals surface area contributed by atoms with Crippen LogP contribution in [0.2, 0.25) is 0 Å². The van der Waals surface area contributed by atoms with Crippen molar-refractivity contribution in [2.24, 2.45) is 11.7 Å². The molecule has 0 heterocycles. The number of nitrogens with two attached hydrogens (primary N) is 1. The van der Waals surface area contributed by atoms with Gasteiger partial charge in [0.2, 0.25) is 11.8 Å². The number of hydrogen-bond acceptors (Lipinski definition) is 3. The number of carbonyl (C=O) groups is 2. The molecular weight excluding hydrogens is 261 g/mol. The quantitative estimate of drug-likeness (QED) is 0.808. The van der Waals surface area contributed by atoms with Gasteiger partial charge in [-0.2, -0.15) is 5.26 Å². The van der Waals surface area contributed by atoms with Crippen molar-refractivity contribution in [3.05, 3.63) is 35.6 Å². The molecule has 0 spiro atoms. The Morgan fingerprint density at radius 1 is 1.50 bits per heavy atom. The Morgan fingerprint density at radius 2 is 2.20 bits per heavy atom. The van der Waals surface area contributed by atoms with Crippen molar-refractivity contribution < 1.29 is 14.0 Å². The fourth-order valence-electron chi connectivity index (χ4n) is 1.81. The minimum absolute atomic E-state index is 0.0547. The number of nitriles is 1. The molecule has 0 aromatic heterocycles. The minimum atomic E-state index is -0.907. The molecule has 0 saturated carbocycles. The molecule has 0 aliphatic carbocycles. The van der Waals surface area contributed by atoms with E-state index in [0.29, 0.717) is 5.56 Å². The van der Waals surface area contributed by atoms with Crippen molar-refractivity contribution in [2.45, 2.75) is 25.8 Å². The van der Waals surface area contributed by atoms with Gasteiger partial charge in [-0.25, -0.2) is 4.39 Å². The van der Waals surface area contributed by atoms with Gasteiger partial charge in [-0.15, -0.1) is 0 Å². The van der Waals surface area contributed by atoms with Gasteiger partial charge in [0.25, 0.3) is 0 Å². The smallest absolute Gasteiger partial charge is 0.240 e. The molecule has 5 nitrogen and oxygen atoms in total. The van der Waals surface area contributed by atoms with Crippen LogP contribution >= 0.6 is 0 Å². The minimum Gasteiger partial charge on any atom is -0.368 e. The van der Waals surface area contributed by atoms with Crippen LogP contribution in [-0.2, 0) is 16.0 Å². The third-order valence-electron chi connectivity index (χ3n) is 2.86. The zero-order chi connectivity index (χ0) is 15.1. The van der Waals surface area contributed by atoms with Crippen LogP contribution in [0.25, 0.3) is 0 Å². The fraction of sp³-hybridized carbons (Fsp3) is 0.357. The second kappa shape index (κ2) is 7.24. The first kappa shape index (κ1) is 15.6. The molecule has 0 aliphatic rings. The molecule has 1 aromatic rings. The van der Waals surface area contributed by atoms with Crippen molar-refractivity contribution in [2.75, 3.05) is 0 Å². The molecule has 1 rings (SSSR count). The molecule has 0 saturated heterocycles. The Kier molecular flexibility index (Phi) is 5.66. The lowest BCUT2D eigenvalue weighted by Gasteiger charge is -2.20. The lowest BCUT2D eigenvalue weighted by atomic mass is 9.98. The Balaban J connectivity index is 2.67. The van der Waals surface area contributed by atoms with Crippen molar-refractivity contribution in [3.63, 3.8) is 0 Å². The summed E-state index contributed by atoms with van der Waals surface area (Å²) in [5.74, 6) is -1.95. The van der Waals surface area contributed by atoms with E-state index in [4.69, 9.17) is 11.0 Å². The topological polar surface area (TPSA) is 96.0 Å². The molecule has 0 unspecified atom stereocenters. The standard InChI is InChI=1S/C14H16FN3O2/c1-9(5-6-16)13(14(17)20)18-12(19)8-10-3-2-4-11(15)7-10/h2-4,7,9,13H,5,8H2,1H3,(H2,17,20)(H,18,19)/t9-,13+/m0/s1. The summed E-state index contributed by atoms with van der Waals surface area (Å²) in [7, 11) is 0. The molecule has 0 bridgehead atoms. The molecule has 1 aromatic carbocycles. The van der Waals surface area contributed by atoms with Crippen molar-refractivity contribution in [1.82, 2.24) is 5.32 Å². The molecule has 0 radical (unpaired) electrons. The van der Waals surface area contributed by atoms with Gasteiger partial charge in [0.15, 0.2) is 0 Å². The van der Waals surface area contributed by atoms with E-state index in [1.165, 1.54) is 18.2 Å². The molecule has 3 N–H and O–H groups in total. The van der Waals surface area contributed by atoms with Crippen LogP contribution in [0.4, 0.5) is 4.39 Å². The Morgan fingerprint density at radius 3 is 2.75 bits per heavy atom. The van der Waals surface area contributed by atoms with E-state index in [9.17, 15) is 14.0 Å². The summed E-state index contributed by atoms with van der Waals surface area (Å²) in [5.41, 5.74) is 5.71. The molecule has 0 fully saturated rings. The van der Waals surface area contributed by atoms with Crippen LogP contribution in [0.3, 0.4) is 0 Å². The van der Waals surface area contributed by atoms with Crippen LogP contribution in [0.1, 0.15) is 18.9 Å². The first-order valence-electron chi connectivity index (χ1n) is 6.14. The molecule has 106 valence electrons. The van der Waals surface area contributed by atoms with Crippen LogP contribution in [-0.4, -0.2) is 17.9 Å². The number of benzene rings is 1. The lowest BCUT2D eigenvalue weighted by molar-refractivity contribution is -0.128. The van der Waals surface area contributed by atoms with Crippen LogP contribution in [0, 0.1) is 23.1 Å². The normalized spacial score (nSPS) is 13.1. The number of primary amides is 1. The number of nitrogens with zero attached hydrogens (tertiary/aromatic N) is 1. The summed E-state index contributed by atoms with van der Waals surface area (Å²) in [4.78, 5) is 23.1. The van der Waals surface area contributed by atoms with E-state index < -0.39 is 23.7 Å². The summed E-state index contributed by atoms with van der Waals surface area (Å²) in [5, 5.41) is 11.1. The highest BCUT2D eigenvalue weighted by molar-refractivity contribution is 5.87. The molecule has 20 heavy (non-hydrogen) atoms. The van der Waals surface area contributed by atoms with Crippen molar-refractivity contribution in [1.29, 1.82) is 5.26 Å². The third kappa shape index (κ3) is 4.69. The summed E-state index contributed by atoms with van der Waals surface area (Å²) in [6.07, 6.45) is 0.0503. The predicted molar refractivity (Wildman–Crippen MR) is 70.6 cm³/mol. The fourth-order valence-corrected chi connectivity index (χ4v) is 1.81. The summed E-state index contributed by atoms with van der Waals surface area (Å²) >= 11 is 0. The zero-order valence-electron chi connectivity index (χ0n) is 11.1. The first-order valence-corrected chi connectivity index (χ1v) is 6.14. The maximum Gasteiger partial charge on any atom is 0.240 e. The zero-order valence-corrected chi connectivity index (χ0v) is 11.1. The number of nitrogens with one attached hydrogen (secondary N) is 1. The van der Waals surface area contributed by atoms with Gasteiger partial charge < -0.3 is 11.1 Å². The van der Waals surface area contributed by atoms with Gasteiger partial charge in [-0.1, -0.05) is 19.1 Å². The van der Waals surface area contributed by atoms with Crippen molar-refractivity contribution in [3.8, 4) is 6.07 Å². The van der Waals surface area contributed by atoms with E-state index >= 15 is 0 Å². The van der Waals surface area contributed by atoms with E-state index in [-0.39, 0.29) is 18.8 Å². The maximum absolute atomic E-state index is 13.0. The summed E-state index contributed by atoms with van der Waals surface area (Å²) in [6.45, 7) is 1.65. The SMILES string of the molecule is C[C@@H](CC#N)[C@@H](NC(=O)Cc1cccc(F)c1)C(N)=O. The average molecular weight is 277 g/mol. The third-order valence-corrected chi connectivity index (χ3v) is 2.86. The highest BCUT2D eigenvalue weighted by Crippen LogP contribution is 2.09. The van der Waals surface area contributed by atoms with Crippen LogP contribution in [0.5, 0.6) is 0 Å². The first-order chi connectivity index (χ1) is 9.43. The van der Waals surface area contributed by atoms with E-state index in [2.05, 4.69) is 5.32 Å². The van der Waals surface area contributed by atoms with Gasteiger partial charge in [0, 0.05) is 6.42 Å². The average Bonchev–Trinajstić information content (AvgIpc) is 2.35. The number of amides is 2. The lowest BCUT2D eigenvalue weighted by Crippen LogP contribution is -2.48. The largest absolute Gasteiger partial charge is 0.368 e. The number of hydrogen-bond donors (Lipinski definition) is 2. The number of rotatable bonds is 6. The van der Waals surface area contributed by atoms with Gasteiger partial charge >= 0.3 is 0 Å². The monoisotopic (exact) mass is 277 g/mol. The highest BCUT2D eigenvalue weighted by Gasteiger charge is 2.24. The maximum atomic E-state index is 13.0. The number of halogens is 1. The number of carbonyl (C=O) groups excluding carboxylic acids is 2. The van der Waals surface area contributed by atoms with E-state index in [0.717, 1.165) is 0 Å². The van der Waals surface area contributed by atoms with Gasteiger partial charge in [-0.05, 0) is 23.6 Å². The van der Waals surface area contributed by atoms with Crippen LogP contribution < -0.4 is 11.1 Å². The highest BCUT2D eigenvalue weighted by atomic mass is 19.1. The van der Waals surface area contributed by atoms with Crippen molar-refractivity contribution >= 4 is 11.8 Å². The van der Waals surface area contributed by atoms with E-state index in [1.807, 2.05) is 6.07 Å².